The standard InChI is InChI=1S/C21H25N7O2/c1-14-11-28(13-24-14)18-16(29-3)8-15(9-22-18)25-20-23-10-17-19(26-20)27(2)21(12-30-17)6-4-5-7-21/h8-11,13H,4-7,12H2,1-3H3,(H,23,25,26). The molecule has 156 valence electrons. The molecule has 30 heavy (non-hydrogen) atoms. The van der Waals surface area contributed by atoms with E-state index in [2.05, 4.69) is 32.2 Å². The number of anilines is 3. The first-order chi connectivity index (χ1) is 14.6. The third-order valence-electron chi connectivity index (χ3n) is 6.06. The van der Waals surface area contributed by atoms with Crippen molar-refractivity contribution in [2.24, 2.45) is 0 Å². The molecule has 1 aliphatic carbocycles. The second kappa shape index (κ2) is 7.16. The van der Waals surface area contributed by atoms with Gasteiger partial charge >= 0.3 is 0 Å². The number of pyridine rings is 1. The first-order valence-electron chi connectivity index (χ1n) is 10.1. The number of likely N-dealkylation sites (N-methyl/N-ethyl adjacent to an activating group) is 1. The highest BCUT2D eigenvalue weighted by molar-refractivity contribution is 5.62. The Hall–Kier alpha value is -3.36. The molecule has 0 saturated heterocycles. The second-order valence-electron chi connectivity index (χ2n) is 7.96. The van der Waals surface area contributed by atoms with Crippen LogP contribution in [0, 0.1) is 6.92 Å². The molecule has 1 aliphatic heterocycles. The number of imidazole rings is 1. The fourth-order valence-electron chi connectivity index (χ4n) is 4.33. The molecule has 2 aliphatic rings. The van der Waals surface area contributed by atoms with Crippen LogP contribution in [0.25, 0.3) is 5.82 Å². The maximum atomic E-state index is 6.00. The highest BCUT2D eigenvalue weighted by Crippen LogP contribution is 2.43. The minimum absolute atomic E-state index is 0.0496. The molecule has 0 radical (unpaired) electrons. The Morgan fingerprint density at radius 3 is 2.70 bits per heavy atom. The lowest BCUT2D eigenvalue weighted by molar-refractivity contribution is 0.192. The molecular weight excluding hydrogens is 382 g/mol. The summed E-state index contributed by atoms with van der Waals surface area (Å²) in [6.45, 7) is 2.63. The van der Waals surface area contributed by atoms with Crippen LogP contribution in [0.4, 0.5) is 17.5 Å². The van der Waals surface area contributed by atoms with Crippen LogP contribution in [-0.2, 0) is 0 Å². The number of aromatic nitrogens is 5. The molecule has 4 heterocycles. The van der Waals surface area contributed by atoms with Gasteiger partial charge in [0.25, 0.3) is 0 Å². The molecule has 1 fully saturated rings. The number of hydrogen-bond acceptors (Lipinski definition) is 8. The fourth-order valence-corrected chi connectivity index (χ4v) is 4.33. The minimum Gasteiger partial charge on any atom is -0.493 e. The van der Waals surface area contributed by atoms with Crippen molar-refractivity contribution in [1.82, 2.24) is 24.5 Å². The smallest absolute Gasteiger partial charge is 0.229 e. The van der Waals surface area contributed by atoms with Crippen molar-refractivity contribution in [3.8, 4) is 17.3 Å². The van der Waals surface area contributed by atoms with E-state index in [1.807, 2.05) is 23.8 Å². The largest absolute Gasteiger partial charge is 0.493 e. The quantitative estimate of drug-likeness (QED) is 0.705. The Kier molecular flexibility index (Phi) is 4.45. The van der Waals surface area contributed by atoms with E-state index in [0.29, 0.717) is 24.1 Å². The van der Waals surface area contributed by atoms with E-state index in [1.54, 1.807) is 25.8 Å². The van der Waals surface area contributed by atoms with E-state index >= 15 is 0 Å². The number of fused-ring (bicyclic) bond motifs is 1. The molecular formula is C21H25N7O2. The predicted octanol–water partition coefficient (Wildman–Crippen LogP) is 3.26. The normalized spacial score (nSPS) is 17.0. The average Bonchev–Trinajstić information content (AvgIpc) is 3.41. The van der Waals surface area contributed by atoms with Crippen LogP contribution in [0.15, 0.2) is 31.0 Å². The van der Waals surface area contributed by atoms with E-state index in [4.69, 9.17) is 14.5 Å². The molecule has 3 aromatic heterocycles. The molecule has 0 unspecified atom stereocenters. The van der Waals surface area contributed by atoms with Crippen LogP contribution in [0.3, 0.4) is 0 Å². The molecule has 3 aromatic rings. The molecule has 1 N–H and O–H groups in total. The van der Waals surface area contributed by atoms with Crippen molar-refractivity contribution in [3.63, 3.8) is 0 Å². The van der Waals surface area contributed by atoms with Gasteiger partial charge in [0.2, 0.25) is 5.95 Å². The summed E-state index contributed by atoms with van der Waals surface area (Å²) in [6.07, 6.45) is 11.8. The first-order valence-corrected chi connectivity index (χ1v) is 10.1. The number of hydrogen-bond donors (Lipinski definition) is 1. The van der Waals surface area contributed by atoms with Crippen LogP contribution < -0.4 is 19.7 Å². The number of methoxy groups -OCH3 is 1. The number of nitrogens with one attached hydrogen (secondary N) is 1. The summed E-state index contributed by atoms with van der Waals surface area (Å²) in [5, 5.41) is 3.24. The van der Waals surface area contributed by atoms with Crippen LogP contribution >= 0.6 is 0 Å². The van der Waals surface area contributed by atoms with E-state index in [0.717, 1.165) is 35.8 Å². The highest BCUT2D eigenvalue weighted by Gasteiger charge is 2.43. The number of nitrogens with zero attached hydrogens (tertiary/aromatic N) is 6. The van der Waals surface area contributed by atoms with E-state index in [1.165, 1.54) is 12.8 Å². The lowest BCUT2D eigenvalue weighted by Gasteiger charge is -2.43. The molecule has 0 bridgehead atoms. The summed E-state index contributed by atoms with van der Waals surface area (Å²) < 4.78 is 13.4. The lowest BCUT2D eigenvalue weighted by atomic mass is 9.95. The zero-order valence-electron chi connectivity index (χ0n) is 17.4. The average molecular weight is 407 g/mol. The molecule has 9 heteroatoms. The van der Waals surface area contributed by atoms with Gasteiger partial charge < -0.3 is 19.7 Å². The van der Waals surface area contributed by atoms with Crippen molar-refractivity contribution < 1.29 is 9.47 Å². The van der Waals surface area contributed by atoms with Crippen molar-refractivity contribution in [2.75, 3.05) is 31.0 Å². The lowest BCUT2D eigenvalue weighted by Crippen LogP contribution is -2.52. The minimum atomic E-state index is 0.0496. The fraction of sp³-hybridized carbons (Fsp3) is 0.429. The summed E-state index contributed by atoms with van der Waals surface area (Å²) >= 11 is 0. The Balaban J connectivity index is 1.42. The van der Waals surface area contributed by atoms with Gasteiger partial charge in [-0.25, -0.2) is 15.0 Å². The van der Waals surface area contributed by atoms with Crippen molar-refractivity contribution in [3.05, 3.63) is 36.7 Å². The topological polar surface area (TPSA) is 90.2 Å². The molecule has 0 atom stereocenters. The van der Waals surface area contributed by atoms with Crippen molar-refractivity contribution in [1.29, 1.82) is 0 Å². The van der Waals surface area contributed by atoms with Gasteiger partial charge in [0.15, 0.2) is 23.1 Å². The molecule has 1 spiro atoms. The van der Waals surface area contributed by atoms with Gasteiger partial charge in [0.1, 0.15) is 12.9 Å². The van der Waals surface area contributed by atoms with Crippen molar-refractivity contribution >= 4 is 17.5 Å². The molecule has 0 aromatic carbocycles. The van der Waals surface area contributed by atoms with Gasteiger partial charge in [0.05, 0.1) is 36.4 Å². The van der Waals surface area contributed by atoms with Crippen LogP contribution in [0.5, 0.6) is 11.5 Å². The van der Waals surface area contributed by atoms with Gasteiger partial charge in [-0.05, 0) is 19.8 Å². The number of rotatable bonds is 4. The molecule has 5 rings (SSSR count). The summed E-state index contributed by atoms with van der Waals surface area (Å²) in [4.78, 5) is 20.2. The van der Waals surface area contributed by atoms with Gasteiger partial charge in [-0.1, -0.05) is 12.8 Å². The van der Waals surface area contributed by atoms with Crippen LogP contribution in [0.2, 0.25) is 0 Å². The Labute approximate surface area is 175 Å². The van der Waals surface area contributed by atoms with E-state index < -0.39 is 0 Å². The van der Waals surface area contributed by atoms with Gasteiger partial charge in [-0.15, -0.1) is 0 Å². The summed E-state index contributed by atoms with van der Waals surface area (Å²) in [5.41, 5.74) is 1.70. The maximum absolute atomic E-state index is 6.00. The van der Waals surface area contributed by atoms with Crippen LogP contribution in [-0.4, -0.2) is 50.8 Å². The molecule has 0 amide bonds. The monoisotopic (exact) mass is 407 g/mol. The maximum Gasteiger partial charge on any atom is 0.229 e. The Morgan fingerprint density at radius 1 is 1.13 bits per heavy atom. The van der Waals surface area contributed by atoms with Crippen molar-refractivity contribution in [2.45, 2.75) is 38.1 Å². The Bertz CT molecular complexity index is 1070. The van der Waals surface area contributed by atoms with Gasteiger partial charge in [0, 0.05) is 19.3 Å². The number of ether oxygens (including phenoxy) is 2. The zero-order chi connectivity index (χ0) is 20.7. The van der Waals surface area contributed by atoms with Gasteiger partial charge in [-0.2, -0.15) is 4.98 Å². The predicted molar refractivity (Wildman–Crippen MR) is 113 cm³/mol. The third kappa shape index (κ3) is 3.10. The molecule has 1 saturated carbocycles. The third-order valence-corrected chi connectivity index (χ3v) is 6.06. The van der Waals surface area contributed by atoms with E-state index in [9.17, 15) is 0 Å². The highest BCUT2D eigenvalue weighted by atomic mass is 16.5. The first kappa shape index (κ1) is 18.7. The number of aryl methyl sites for hydroxylation is 1. The zero-order valence-corrected chi connectivity index (χ0v) is 17.4. The SMILES string of the molecule is COc1cc(Nc2ncc3c(n2)N(C)C2(CCCC2)CO3)cnc1-n1cnc(C)c1. The van der Waals surface area contributed by atoms with Crippen LogP contribution in [0.1, 0.15) is 31.4 Å². The van der Waals surface area contributed by atoms with E-state index in [-0.39, 0.29) is 5.54 Å². The summed E-state index contributed by atoms with van der Waals surface area (Å²) in [5.74, 6) is 3.34. The van der Waals surface area contributed by atoms with Gasteiger partial charge in [-0.3, -0.25) is 4.57 Å². The summed E-state index contributed by atoms with van der Waals surface area (Å²) in [7, 11) is 3.73. The summed E-state index contributed by atoms with van der Waals surface area (Å²) in [6, 6.07) is 1.87. The molecule has 9 nitrogen and oxygen atoms in total. The second-order valence-corrected chi connectivity index (χ2v) is 7.96. The Morgan fingerprint density at radius 2 is 1.97 bits per heavy atom.